The summed E-state index contributed by atoms with van der Waals surface area (Å²) in [6.45, 7) is 0.466. The number of aliphatic hydroxyl groups excluding tert-OH is 1. The molecule has 0 fully saturated rings. The van der Waals surface area contributed by atoms with Crippen molar-refractivity contribution in [2.75, 3.05) is 6.54 Å². The first-order valence-corrected chi connectivity index (χ1v) is 7.71. The van der Waals surface area contributed by atoms with Crippen LogP contribution in [-0.4, -0.2) is 22.7 Å². The first kappa shape index (κ1) is 14.6. The van der Waals surface area contributed by atoms with Crippen LogP contribution in [0.2, 0.25) is 0 Å². The summed E-state index contributed by atoms with van der Waals surface area (Å²) in [4.78, 5) is 4.00. The SMILES string of the molecule is OC(CNC1Cc2cc(F)c(Br)cc2C1)c1cccnc1. The van der Waals surface area contributed by atoms with Gasteiger partial charge in [0.25, 0.3) is 0 Å². The van der Waals surface area contributed by atoms with Crippen LogP contribution < -0.4 is 5.32 Å². The number of fused-ring (bicyclic) bond motifs is 1. The summed E-state index contributed by atoms with van der Waals surface area (Å²) in [7, 11) is 0. The first-order chi connectivity index (χ1) is 10.1. The second kappa shape index (κ2) is 6.22. The van der Waals surface area contributed by atoms with Gasteiger partial charge < -0.3 is 10.4 Å². The second-order valence-corrected chi connectivity index (χ2v) is 6.20. The van der Waals surface area contributed by atoms with Crippen molar-refractivity contribution in [1.29, 1.82) is 0 Å². The van der Waals surface area contributed by atoms with E-state index >= 15 is 0 Å². The molecule has 0 spiro atoms. The highest BCUT2D eigenvalue weighted by atomic mass is 79.9. The Morgan fingerprint density at radius 3 is 2.86 bits per heavy atom. The molecular weight excluding hydrogens is 335 g/mol. The summed E-state index contributed by atoms with van der Waals surface area (Å²) in [5, 5.41) is 13.5. The topological polar surface area (TPSA) is 45.1 Å². The van der Waals surface area contributed by atoms with Crippen molar-refractivity contribution >= 4 is 15.9 Å². The predicted molar refractivity (Wildman–Crippen MR) is 82.5 cm³/mol. The zero-order valence-corrected chi connectivity index (χ0v) is 13.0. The smallest absolute Gasteiger partial charge is 0.137 e. The van der Waals surface area contributed by atoms with Crippen molar-refractivity contribution in [3.05, 3.63) is 63.6 Å². The number of hydrogen-bond donors (Lipinski definition) is 2. The van der Waals surface area contributed by atoms with Gasteiger partial charge >= 0.3 is 0 Å². The maximum absolute atomic E-state index is 13.5. The van der Waals surface area contributed by atoms with Crippen LogP contribution in [-0.2, 0) is 12.8 Å². The molecule has 0 amide bonds. The molecule has 2 N–H and O–H groups in total. The van der Waals surface area contributed by atoms with E-state index in [0.29, 0.717) is 11.0 Å². The fourth-order valence-electron chi connectivity index (χ4n) is 2.73. The highest BCUT2D eigenvalue weighted by molar-refractivity contribution is 9.10. The number of benzene rings is 1. The molecule has 3 nitrogen and oxygen atoms in total. The van der Waals surface area contributed by atoms with Gasteiger partial charge in [-0.15, -0.1) is 0 Å². The van der Waals surface area contributed by atoms with Gasteiger partial charge in [0.15, 0.2) is 0 Å². The monoisotopic (exact) mass is 350 g/mol. The van der Waals surface area contributed by atoms with Crippen LogP contribution in [0.3, 0.4) is 0 Å². The minimum atomic E-state index is -0.578. The summed E-state index contributed by atoms with van der Waals surface area (Å²) in [6, 6.07) is 7.35. The van der Waals surface area contributed by atoms with E-state index in [0.717, 1.165) is 29.5 Å². The van der Waals surface area contributed by atoms with E-state index in [-0.39, 0.29) is 11.9 Å². The molecule has 0 saturated carbocycles. The van der Waals surface area contributed by atoms with Crippen molar-refractivity contribution in [3.63, 3.8) is 0 Å². The molecular formula is C16H16BrFN2O. The van der Waals surface area contributed by atoms with E-state index in [4.69, 9.17) is 0 Å². The largest absolute Gasteiger partial charge is 0.387 e. The van der Waals surface area contributed by atoms with Crippen molar-refractivity contribution in [1.82, 2.24) is 10.3 Å². The second-order valence-electron chi connectivity index (χ2n) is 5.35. The average molecular weight is 351 g/mol. The Hall–Kier alpha value is -1.30. The van der Waals surface area contributed by atoms with Crippen molar-refractivity contribution in [3.8, 4) is 0 Å². The van der Waals surface area contributed by atoms with Gasteiger partial charge in [-0.2, -0.15) is 0 Å². The normalized spacial score (nSPS) is 18.5. The van der Waals surface area contributed by atoms with Gasteiger partial charge in [0, 0.05) is 30.5 Å². The summed E-state index contributed by atoms with van der Waals surface area (Å²) in [5.41, 5.74) is 3.01. The van der Waals surface area contributed by atoms with Crippen LogP contribution in [0.5, 0.6) is 0 Å². The molecule has 0 saturated heterocycles. The van der Waals surface area contributed by atoms with Crippen LogP contribution in [0.1, 0.15) is 22.8 Å². The molecule has 0 radical (unpaired) electrons. The Morgan fingerprint density at radius 2 is 2.14 bits per heavy atom. The van der Waals surface area contributed by atoms with Crippen molar-refractivity contribution < 1.29 is 9.50 Å². The first-order valence-electron chi connectivity index (χ1n) is 6.91. The third kappa shape index (κ3) is 3.31. The number of pyridine rings is 1. The quantitative estimate of drug-likeness (QED) is 0.891. The molecule has 110 valence electrons. The number of aromatic nitrogens is 1. The molecule has 1 heterocycles. The van der Waals surface area contributed by atoms with Gasteiger partial charge in [-0.25, -0.2) is 4.39 Å². The molecule has 2 aromatic rings. The molecule has 1 aromatic carbocycles. The van der Waals surface area contributed by atoms with Gasteiger partial charge in [0.05, 0.1) is 10.6 Å². The number of nitrogens with one attached hydrogen (secondary N) is 1. The standard InChI is InChI=1S/C16H16BrFN2O/c17-14-6-11-4-13(5-12(11)7-15(14)18)20-9-16(21)10-2-1-3-19-8-10/h1-3,6-8,13,16,20-21H,4-5,9H2. The molecule has 1 aromatic heterocycles. The molecule has 0 aliphatic heterocycles. The Kier molecular flexibility index (Phi) is 4.33. The highest BCUT2D eigenvalue weighted by Gasteiger charge is 2.23. The predicted octanol–water partition coefficient (Wildman–Crippen LogP) is 2.77. The lowest BCUT2D eigenvalue weighted by molar-refractivity contribution is 0.169. The van der Waals surface area contributed by atoms with Gasteiger partial charge in [-0.3, -0.25) is 4.98 Å². The van der Waals surface area contributed by atoms with Crippen LogP contribution in [0.25, 0.3) is 0 Å². The number of nitrogens with zero attached hydrogens (tertiary/aromatic N) is 1. The maximum atomic E-state index is 13.5. The lowest BCUT2D eigenvalue weighted by Crippen LogP contribution is -2.33. The van der Waals surface area contributed by atoms with Gasteiger partial charge in [-0.05, 0) is 58.1 Å². The maximum Gasteiger partial charge on any atom is 0.137 e. The third-order valence-electron chi connectivity index (χ3n) is 3.84. The van der Waals surface area contributed by atoms with Gasteiger partial charge in [-0.1, -0.05) is 6.07 Å². The van der Waals surface area contributed by atoms with Crippen molar-refractivity contribution in [2.45, 2.75) is 25.0 Å². The lowest BCUT2D eigenvalue weighted by atomic mass is 10.1. The van der Waals surface area contributed by atoms with Gasteiger partial charge in [0.2, 0.25) is 0 Å². The van der Waals surface area contributed by atoms with Crippen LogP contribution in [0.15, 0.2) is 41.1 Å². The number of hydrogen-bond acceptors (Lipinski definition) is 3. The van der Waals surface area contributed by atoms with Crippen LogP contribution in [0, 0.1) is 5.82 Å². The molecule has 2 unspecified atom stereocenters. The highest BCUT2D eigenvalue weighted by Crippen LogP contribution is 2.28. The molecule has 21 heavy (non-hydrogen) atoms. The fraction of sp³-hybridized carbons (Fsp3) is 0.312. The molecule has 5 heteroatoms. The lowest BCUT2D eigenvalue weighted by Gasteiger charge is -2.16. The van der Waals surface area contributed by atoms with E-state index in [9.17, 15) is 9.50 Å². The molecule has 1 aliphatic carbocycles. The van der Waals surface area contributed by atoms with Crippen LogP contribution >= 0.6 is 15.9 Å². The van der Waals surface area contributed by atoms with Crippen LogP contribution in [0.4, 0.5) is 4.39 Å². The summed E-state index contributed by atoms with van der Waals surface area (Å²) < 4.78 is 14.0. The average Bonchev–Trinajstić information content (AvgIpc) is 2.88. The number of aliphatic hydroxyl groups is 1. The van der Waals surface area contributed by atoms with E-state index in [1.807, 2.05) is 18.2 Å². The zero-order chi connectivity index (χ0) is 14.8. The molecule has 3 rings (SSSR count). The minimum Gasteiger partial charge on any atom is -0.387 e. The zero-order valence-electron chi connectivity index (χ0n) is 11.4. The van der Waals surface area contributed by atoms with E-state index < -0.39 is 6.10 Å². The van der Waals surface area contributed by atoms with E-state index in [2.05, 4.69) is 26.2 Å². The molecule has 1 aliphatic rings. The third-order valence-corrected chi connectivity index (χ3v) is 4.45. The van der Waals surface area contributed by atoms with Crippen molar-refractivity contribution in [2.24, 2.45) is 0 Å². The molecule has 2 atom stereocenters. The summed E-state index contributed by atoms with van der Waals surface area (Å²) >= 11 is 3.22. The Morgan fingerprint density at radius 1 is 1.38 bits per heavy atom. The van der Waals surface area contributed by atoms with E-state index in [1.54, 1.807) is 18.5 Å². The summed E-state index contributed by atoms with van der Waals surface area (Å²) in [5.74, 6) is -0.218. The Bertz CT molecular complexity index is 605. The Labute approximate surface area is 131 Å². The fourth-order valence-corrected chi connectivity index (χ4v) is 3.12. The van der Waals surface area contributed by atoms with E-state index in [1.165, 1.54) is 0 Å². The minimum absolute atomic E-state index is 0.218. The molecule has 0 bridgehead atoms. The van der Waals surface area contributed by atoms with Gasteiger partial charge in [0.1, 0.15) is 5.82 Å². The number of halogens is 2. The summed E-state index contributed by atoms with van der Waals surface area (Å²) in [6.07, 6.45) is 4.42. The number of rotatable bonds is 4. The Balaban J connectivity index is 1.59.